The van der Waals surface area contributed by atoms with Crippen LogP contribution in [0.5, 0.6) is 0 Å². The van der Waals surface area contributed by atoms with E-state index in [1.165, 1.54) is 27.6 Å². The van der Waals surface area contributed by atoms with Gasteiger partial charge < -0.3 is 4.90 Å². The van der Waals surface area contributed by atoms with Gasteiger partial charge in [-0.05, 0) is 55.3 Å². The summed E-state index contributed by atoms with van der Waals surface area (Å²) in [5, 5.41) is 2.39. The SMILES string of the molecule is CCN(CC)c1ccc(-c2cccc3nc4ccccc4cc23)cc1. The van der Waals surface area contributed by atoms with E-state index in [4.69, 9.17) is 4.98 Å². The third kappa shape index (κ3) is 2.85. The topological polar surface area (TPSA) is 16.1 Å². The van der Waals surface area contributed by atoms with E-state index >= 15 is 0 Å². The lowest BCUT2D eigenvalue weighted by Crippen LogP contribution is -2.21. The van der Waals surface area contributed by atoms with Crippen molar-refractivity contribution in [2.75, 3.05) is 18.0 Å². The molecule has 2 nitrogen and oxygen atoms in total. The predicted molar refractivity (Wildman–Crippen MR) is 108 cm³/mol. The first-order valence-corrected chi connectivity index (χ1v) is 8.94. The Morgan fingerprint density at radius 2 is 1.48 bits per heavy atom. The highest BCUT2D eigenvalue weighted by molar-refractivity contribution is 6.01. The van der Waals surface area contributed by atoms with Crippen molar-refractivity contribution in [3.05, 3.63) is 72.8 Å². The van der Waals surface area contributed by atoms with Crippen molar-refractivity contribution in [3.8, 4) is 11.1 Å². The number of aromatic nitrogens is 1. The Bertz CT molecular complexity index is 1020. The zero-order valence-electron chi connectivity index (χ0n) is 14.7. The summed E-state index contributed by atoms with van der Waals surface area (Å²) in [6, 6.07) is 25.8. The number of fused-ring (bicyclic) bond motifs is 2. The summed E-state index contributed by atoms with van der Waals surface area (Å²) < 4.78 is 0. The molecule has 25 heavy (non-hydrogen) atoms. The molecule has 0 N–H and O–H groups in total. The molecule has 0 amide bonds. The van der Waals surface area contributed by atoms with Crippen molar-refractivity contribution in [2.45, 2.75) is 13.8 Å². The van der Waals surface area contributed by atoms with Gasteiger partial charge in [-0.2, -0.15) is 0 Å². The van der Waals surface area contributed by atoms with Crippen molar-refractivity contribution in [1.82, 2.24) is 4.98 Å². The van der Waals surface area contributed by atoms with Crippen LogP contribution in [-0.2, 0) is 0 Å². The third-order valence-corrected chi connectivity index (χ3v) is 4.87. The van der Waals surface area contributed by atoms with Crippen LogP contribution in [0.25, 0.3) is 32.9 Å². The summed E-state index contributed by atoms with van der Waals surface area (Å²) in [7, 11) is 0. The summed E-state index contributed by atoms with van der Waals surface area (Å²) in [4.78, 5) is 7.19. The second-order valence-electron chi connectivity index (χ2n) is 6.27. The number of hydrogen-bond donors (Lipinski definition) is 0. The predicted octanol–water partition coefficient (Wildman–Crippen LogP) is 5.90. The number of pyridine rings is 1. The average Bonchev–Trinajstić information content (AvgIpc) is 2.67. The molecule has 0 unspecified atom stereocenters. The van der Waals surface area contributed by atoms with E-state index in [2.05, 4.69) is 85.5 Å². The molecule has 1 heterocycles. The molecule has 0 atom stereocenters. The molecule has 4 aromatic rings. The standard InChI is InChI=1S/C23H22N2/c1-3-25(4-2)19-14-12-17(13-15-19)20-9-7-11-23-21(20)16-18-8-5-6-10-22(18)24-23/h5-16H,3-4H2,1-2H3. The lowest BCUT2D eigenvalue weighted by Gasteiger charge is -2.21. The van der Waals surface area contributed by atoms with E-state index in [-0.39, 0.29) is 0 Å². The molecular formula is C23H22N2. The maximum Gasteiger partial charge on any atom is 0.0715 e. The lowest BCUT2D eigenvalue weighted by atomic mass is 9.99. The van der Waals surface area contributed by atoms with Gasteiger partial charge in [0.15, 0.2) is 0 Å². The highest BCUT2D eigenvalue weighted by atomic mass is 15.1. The normalized spacial score (nSPS) is 11.1. The second kappa shape index (κ2) is 6.56. The third-order valence-electron chi connectivity index (χ3n) is 4.87. The smallest absolute Gasteiger partial charge is 0.0715 e. The summed E-state index contributed by atoms with van der Waals surface area (Å²) in [6.45, 7) is 6.44. The minimum atomic E-state index is 1.03. The molecule has 2 heteroatoms. The van der Waals surface area contributed by atoms with E-state index in [0.29, 0.717) is 0 Å². The molecule has 124 valence electrons. The van der Waals surface area contributed by atoms with Crippen molar-refractivity contribution in [1.29, 1.82) is 0 Å². The summed E-state index contributed by atoms with van der Waals surface area (Å²) in [6.07, 6.45) is 0. The van der Waals surface area contributed by atoms with E-state index in [0.717, 1.165) is 24.1 Å². The van der Waals surface area contributed by atoms with Gasteiger partial charge in [-0.1, -0.05) is 42.5 Å². The van der Waals surface area contributed by atoms with Gasteiger partial charge >= 0.3 is 0 Å². The first-order chi connectivity index (χ1) is 12.3. The molecule has 0 bridgehead atoms. The molecule has 3 aromatic carbocycles. The minimum absolute atomic E-state index is 1.03. The Balaban J connectivity index is 1.84. The fourth-order valence-corrected chi connectivity index (χ4v) is 3.49. The molecule has 1 aromatic heterocycles. The van der Waals surface area contributed by atoms with Crippen LogP contribution in [0, 0.1) is 0 Å². The molecular weight excluding hydrogens is 304 g/mol. The molecule has 0 saturated carbocycles. The van der Waals surface area contributed by atoms with E-state index in [9.17, 15) is 0 Å². The van der Waals surface area contributed by atoms with Gasteiger partial charge in [0.2, 0.25) is 0 Å². The number of hydrogen-bond acceptors (Lipinski definition) is 2. The van der Waals surface area contributed by atoms with Crippen LogP contribution < -0.4 is 4.90 Å². The van der Waals surface area contributed by atoms with Crippen LogP contribution in [0.3, 0.4) is 0 Å². The Labute approximate surface area is 148 Å². The van der Waals surface area contributed by atoms with Gasteiger partial charge in [0.05, 0.1) is 11.0 Å². The van der Waals surface area contributed by atoms with Gasteiger partial charge in [-0.3, -0.25) is 0 Å². The summed E-state index contributed by atoms with van der Waals surface area (Å²) >= 11 is 0. The molecule has 0 aliphatic carbocycles. The zero-order valence-corrected chi connectivity index (χ0v) is 14.7. The van der Waals surface area contributed by atoms with Crippen LogP contribution >= 0.6 is 0 Å². The van der Waals surface area contributed by atoms with Gasteiger partial charge in [-0.25, -0.2) is 4.98 Å². The van der Waals surface area contributed by atoms with Crippen LogP contribution in [0.4, 0.5) is 5.69 Å². The summed E-state index contributed by atoms with van der Waals surface area (Å²) in [5.74, 6) is 0. The average molecular weight is 326 g/mol. The quantitative estimate of drug-likeness (QED) is 0.434. The van der Waals surface area contributed by atoms with Gasteiger partial charge in [0.25, 0.3) is 0 Å². The highest BCUT2D eigenvalue weighted by Gasteiger charge is 2.08. The first kappa shape index (κ1) is 15.6. The van der Waals surface area contributed by atoms with Crippen LogP contribution in [0.1, 0.15) is 13.8 Å². The molecule has 0 aliphatic rings. The van der Waals surface area contributed by atoms with Crippen molar-refractivity contribution < 1.29 is 0 Å². The summed E-state index contributed by atoms with van der Waals surface area (Å²) in [5.41, 5.74) is 5.84. The van der Waals surface area contributed by atoms with Gasteiger partial charge in [0, 0.05) is 29.5 Å². The molecule has 4 rings (SSSR count). The van der Waals surface area contributed by atoms with Crippen LogP contribution in [0.2, 0.25) is 0 Å². The number of anilines is 1. The number of rotatable bonds is 4. The number of benzene rings is 3. The number of nitrogens with zero attached hydrogens (tertiary/aromatic N) is 2. The molecule has 0 fully saturated rings. The monoisotopic (exact) mass is 326 g/mol. The fraction of sp³-hybridized carbons (Fsp3) is 0.174. The number of para-hydroxylation sites is 1. The molecule has 0 radical (unpaired) electrons. The molecule has 0 aliphatic heterocycles. The van der Waals surface area contributed by atoms with E-state index < -0.39 is 0 Å². The molecule has 0 saturated heterocycles. The lowest BCUT2D eigenvalue weighted by molar-refractivity contribution is 0.866. The van der Waals surface area contributed by atoms with Crippen molar-refractivity contribution in [2.24, 2.45) is 0 Å². The fourth-order valence-electron chi connectivity index (χ4n) is 3.49. The van der Waals surface area contributed by atoms with Crippen molar-refractivity contribution in [3.63, 3.8) is 0 Å². The Kier molecular flexibility index (Phi) is 4.10. The highest BCUT2D eigenvalue weighted by Crippen LogP contribution is 2.31. The Morgan fingerprint density at radius 1 is 0.760 bits per heavy atom. The van der Waals surface area contributed by atoms with E-state index in [1.807, 2.05) is 6.07 Å². The first-order valence-electron chi connectivity index (χ1n) is 8.94. The molecule has 0 spiro atoms. The Morgan fingerprint density at radius 3 is 2.24 bits per heavy atom. The van der Waals surface area contributed by atoms with Crippen molar-refractivity contribution >= 4 is 27.5 Å². The zero-order chi connectivity index (χ0) is 17.2. The van der Waals surface area contributed by atoms with Gasteiger partial charge in [-0.15, -0.1) is 0 Å². The van der Waals surface area contributed by atoms with Crippen LogP contribution in [-0.4, -0.2) is 18.1 Å². The van der Waals surface area contributed by atoms with E-state index in [1.54, 1.807) is 0 Å². The maximum atomic E-state index is 4.83. The largest absolute Gasteiger partial charge is 0.372 e. The van der Waals surface area contributed by atoms with Gasteiger partial charge in [0.1, 0.15) is 0 Å². The van der Waals surface area contributed by atoms with Crippen LogP contribution in [0.15, 0.2) is 72.8 Å². The Hall–Kier alpha value is -2.87. The minimum Gasteiger partial charge on any atom is -0.372 e. The second-order valence-corrected chi connectivity index (χ2v) is 6.27. The maximum absolute atomic E-state index is 4.83.